The van der Waals surface area contributed by atoms with Gasteiger partial charge in [0.1, 0.15) is 0 Å². The van der Waals surface area contributed by atoms with Crippen LogP contribution in [0.3, 0.4) is 0 Å². The molecule has 0 unspecified atom stereocenters. The van der Waals surface area contributed by atoms with Gasteiger partial charge in [-0.2, -0.15) is 0 Å². The summed E-state index contributed by atoms with van der Waals surface area (Å²) in [5, 5.41) is 2.88. The van der Waals surface area contributed by atoms with Crippen LogP contribution in [0.5, 0.6) is 0 Å². The topological polar surface area (TPSA) is 78.1 Å². The zero-order valence-corrected chi connectivity index (χ0v) is 14.0. The Morgan fingerprint density at radius 1 is 1.38 bits per heavy atom. The number of nitrogens with one attached hydrogen (secondary N) is 2. The highest BCUT2D eigenvalue weighted by Crippen LogP contribution is 2.28. The molecule has 2 aromatic rings. The Labute approximate surface area is 140 Å². The van der Waals surface area contributed by atoms with Gasteiger partial charge in [-0.1, -0.05) is 6.07 Å². The number of carbonyl (C=O) groups excluding carboxylic acids is 1. The molecule has 2 amide bonds. The van der Waals surface area contributed by atoms with E-state index < -0.39 is 0 Å². The Balaban J connectivity index is 1.68. The van der Waals surface area contributed by atoms with E-state index in [0.29, 0.717) is 12.1 Å². The molecule has 24 heavy (non-hydrogen) atoms. The van der Waals surface area contributed by atoms with Crippen molar-refractivity contribution in [2.24, 2.45) is 0 Å². The highest BCUT2D eigenvalue weighted by molar-refractivity contribution is 5.75. The van der Waals surface area contributed by atoms with Crippen molar-refractivity contribution in [2.75, 3.05) is 0 Å². The fraction of sp³-hybridized carbons (Fsp3) is 0.389. The lowest BCUT2D eigenvalue weighted by atomic mass is 10.1. The van der Waals surface area contributed by atoms with E-state index in [1.807, 2.05) is 38.1 Å². The highest BCUT2D eigenvalue weighted by Gasteiger charge is 2.32. The van der Waals surface area contributed by atoms with E-state index >= 15 is 0 Å². The van der Waals surface area contributed by atoms with Gasteiger partial charge in [0.25, 0.3) is 5.56 Å². The molecule has 0 atom stereocenters. The van der Waals surface area contributed by atoms with E-state index in [1.54, 1.807) is 11.1 Å². The summed E-state index contributed by atoms with van der Waals surface area (Å²) >= 11 is 0. The Morgan fingerprint density at radius 3 is 2.79 bits per heavy atom. The van der Waals surface area contributed by atoms with Gasteiger partial charge in [0, 0.05) is 23.5 Å². The van der Waals surface area contributed by atoms with Gasteiger partial charge in [0.2, 0.25) is 0 Å². The first-order valence-corrected chi connectivity index (χ1v) is 8.18. The molecule has 126 valence electrons. The molecule has 0 aliphatic heterocycles. The van der Waals surface area contributed by atoms with Gasteiger partial charge in [-0.15, -0.1) is 0 Å². The fourth-order valence-corrected chi connectivity index (χ4v) is 2.79. The number of nitrogens with zero attached hydrogens (tertiary/aromatic N) is 2. The van der Waals surface area contributed by atoms with Gasteiger partial charge in [0.05, 0.1) is 18.8 Å². The number of hydrogen-bond acceptors (Lipinski definition) is 3. The van der Waals surface area contributed by atoms with Crippen molar-refractivity contribution in [1.29, 1.82) is 0 Å². The molecular weight excluding hydrogens is 304 g/mol. The lowest BCUT2D eigenvalue weighted by molar-refractivity contribution is 0.190. The first-order valence-electron chi connectivity index (χ1n) is 8.18. The summed E-state index contributed by atoms with van der Waals surface area (Å²) < 4.78 is 0. The smallest absolute Gasteiger partial charge is 0.318 e. The van der Waals surface area contributed by atoms with Gasteiger partial charge in [0.15, 0.2) is 0 Å². The van der Waals surface area contributed by atoms with Crippen molar-refractivity contribution in [2.45, 2.75) is 45.8 Å². The minimum absolute atomic E-state index is 0.143. The van der Waals surface area contributed by atoms with Crippen molar-refractivity contribution >= 4 is 6.03 Å². The first kappa shape index (κ1) is 16.2. The van der Waals surface area contributed by atoms with E-state index in [2.05, 4.69) is 15.3 Å². The molecule has 0 bridgehead atoms. The monoisotopic (exact) mass is 326 g/mol. The first-order chi connectivity index (χ1) is 11.5. The zero-order valence-electron chi connectivity index (χ0n) is 14.0. The van der Waals surface area contributed by atoms with Crippen LogP contribution in [0.2, 0.25) is 0 Å². The van der Waals surface area contributed by atoms with Crippen molar-refractivity contribution < 1.29 is 4.79 Å². The molecule has 2 aromatic heterocycles. The van der Waals surface area contributed by atoms with Crippen molar-refractivity contribution in [3.63, 3.8) is 0 Å². The Morgan fingerprint density at radius 2 is 2.17 bits per heavy atom. The normalized spacial score (nSPS) is 13.6. The van der Waals surface area contributed by atoms with E-state index in [4.69, 9.17) is 0 Å². The Kier molecular flexibility index (Phi) is 4.64. The van der Waals surface area contributed by atoms with Crippen LogP contribution in [0, 0.1) is 13.8 Å². The fourth-order valence-electron chi connectivity index (χ4n) is 2.79. The summed E-state index contributed by atoms with van der Waals surface area (Å²) in [5.74, 6) is 0. The summed E-state index contributed by atoms with van der Waals surface area (Å²) in [6, 6.07) is 7.72. The maximum atomic E-state index is 12.6. The minimum atomic E-state index is -0.150. The molecule has 1 aliphatic carbocycles. The van der Waals surface area contributed by atoms with E-state index in [-0.39, 0.29) is 24.2 Å². The quantitative estimate of drug-likeness (QED) is 0.884. The molecule has 1 saturated carbocycles. The number of aromatic amines is 1. The average Bonchev–Trinajstić information content (AvgIpc) is 3.37. The maximum absolute atomic E-state index is 12.6. The van der Waals surface area contributed by atoms with E-state index in [9.17, 15) is 9.59 Å². The SMILES string of the molecule is Cc1cc(C)c(CNC(=O)N(Cc2ccccn2)C2CC2)c(=O)[nH]1. The van der Waals surface area contributed by atoms with Gasteiger partial charge in [-0.05, 0) is 50.5 Å². The number of aromatic nitrogens is 2. The summed E-state index contributed by atoms with van der Waals surface area (Å²) in [7, 11) is 0. The third-order valence-corrected chi connectivity index (χ3v) is 4.22. The van der Waals surface area contributed by atoms with Crippen LogP contribution >= 0.6 is 0 Å². The molecule has 6 heteroatoms. The van der Waals surface area contributed by atoms with E-state index in [1.165, 1.54) is 0 Å². The molecule has 2 N–H and O–H groups in total. The molecular formula is C18H22N4O2. The number of pyridine rings is 2. The number of rotatable bonds is 5. The molecule has 1 aliphatic rings. The number of carbonyl (C=O) groups is 1. The van der Waals surface area contributed by atoms with Crippen LogP contribution in [0.1, 0.15) is 35.4 Å². The van der Waals surface area contributed by atoms with Crippen LogP contribution in [-0.2, 0) is 13.1 Å². The second kappa shape index (κ2) is 6.86. The predicted octanol–water partition coefficient (Wildman–Crippen LogP) is 2.26. The lowest BCUT2D eigenvalue weighted by Crippen LogP contribution is -2.41. The number of amides is 2. The van der Waals surface area contributed by atoms with Crippen LogP contribution in [0.4, 0.5) is 4.79 Å². The number of hydrogen-bond donors (Lipinski definition) is 2. The minimum Gasteiger partial charge on any atom is -0.334 e. The average molecular weight is 326 g/mol. The molecule has 3 rings (SSSR count). The van der Waals surface area contributed by atoms with Gasteiger partial charge in [-0.25, -0.2) is 4.79 Å². The van der Waals surface area contributed by atoms with Crippen molar-refractivity contribution in [3.8, 4) is 0 Å². The largest absolute Gasteiger partial charge is 0.334 e. The predicted molar refractivity (Wildman–Crippen MR) is 91.6 cm³/mol. The molecule has 0 radical (unpaired) electrons. The van der Waals surface area contributed by atoms with Crippen molar-refractivity contribution in [1.82, 2.24) is 20.2 Å². The molecule has 0 saturated heterocycles. The second-order valence-electron chi connectivity index (χ2n) is 6.28. The molecule has 2 heterocycles. The van der Waals surface area contributed by atoms with Gasteiger partial charge >= 0.3 is 6.03 Å². The van der Waals surface area contributed by atoms with Crippen LogP contribution in [-0.4, -0.2) is 26.9 Å². The zero-order chi connectivity index (χ0) is 17.1. The number of aryl methyl sites for hydroxylation is 2. The number of urea groups is 1. The van der Waals surface area contributed by atoms with Crippen LogP contribution in [0.15, 0.2) is 35.3 Å². The summed E-state index contributed by atoms with van der Waals surface area (Å²) in [6.45, 7) is 4.45. The Hall–Kier alpha value is -2.63. The summed E-state index contributed by atoms with van der Waals surface area (Å²) in [6.07, 6.45) is 3.77. The van der Waals surface area contributed by atoms with E-state index in [0.717, 1.165) is 29.8 Å². The molecule has 6 nitrogen and oxygen atoms in total. The molecule has 0 aromatic carbocycles. The maximum Gasteiger partial charge on any atom is 0.318 e. The van der Waals surface area contributed by atoms with Crippen LogP contribution < -0.4 is 10.9 Å². The third-order valence-electron chi connectivity index (χ3n) is 4.22. The summed E-state index contributed by atoms with van der Waals surface area (Å²) in [5.41, 5.74) is 3.03. The lowest BCUT2D eigenvalue weighted by Gasteiger charge is -2.22. The second-order valence-corrected chi connectivity index (χ2v) is 6.28. The summed E-state index contributed by atoms with van der Waals surface area (Å²) in [4.78, 5) is 33.5. The van der Waals surface area contributed by atoms with Crippen molar-refractivity contribution in [3.05, 3.63) is 63.3 Å². The third kappa shape index (κ3) is 3.82. The standard InChI is InChI=1S/C18H22N4O2/c1-12-9-13(2)21-17(23)16(12)10-20-18(24)22(15-6-7-15)11-14-5-3-4-8-19-14/h3-5,8-9,15H,6-7,10-11H2,1-2H3,(H,20,24)(H,21,23). The molecule has 0 spiro atoms. The highest BCUT2D eigenvalue weighted by atomic mass is 16.2. The van der Waals surface area contributed by atoms with Gasteiger partial charge < -0.3 is 15.2 Å². The Bertz CT molecular complexity index is 781. The number of H-pyrrole nitrogens is 1. The molecule has 1 fully saturated rings. The van der Waals surface area contributed by atoms with Crippen LogP contribution in [0.25, 0.3) is 0 Å². The van der Waals surface area contributed by atoms with Gasteiger partial charge in [-0.3, -0.25) is 9.78 Å².